The van der Waals surface area contributed by atoms with Crippen LogP contribution < -0.4 is 15.4 Å². The Bertz CT molecular complexity index is 523. The third kappa shape index (κ3) is 3.78. The van der Waals surface area contributed by atoms with Crippen LogP contribution in [0.5, 0.6) is 5.75 Å². The lowest BCUT2D eigenvalue weighted by Crippen LogP contribution is -2.51. The average Bonchev–Trinajstić information content (AvgIpc) is 2.50. The van der Waals surface area contributed by atoms with Crippen LogP contribution in [0, 0.1) is 6.92 Å². The highest BCUT2D eigenvalue weighted by atomic mass is 16.5. The van der Waals surface area contributed by atoms with Gasteiger partial charge >= 0.3 is 0 Å². The number of methoxy groups -OCH3 is 1. The zero-order chi connectivity index (χ0) is 16.2. The van der Waals surface area contributed by atoms with Gasteiger partial charge in [-0.15, -0.1) is 0 Å². The Morgan fingerprint density at radius 3 is 2.55 bits per heavy atom. The van der Waals surface area contributed by atoms with Gasteiger partial charge in [0.25, 0.3) is 5.91 Å². The van der Waals surface area contributed by atoms with Crippen LogP contribution in [0.4, 0.5) is 5.69 Å². The zero-order valence-corrected chi connectivity index (χ0v) is 13.9. The maximum atomic E-state index is 12.6. The van der Waals surface area contributed by atoms with Gasteiger partial charge in [0, 0.05) is 12.8 Å². The number of carbonyl (C=O) groups is 1. The van der Waals surface area contributed by atoms with E-state index in [-0.39, 0.29) is 12.0 Å². The van der Waals surface area contributed by atoms with Crippen molar-refractivity contribution in [1.82, 2.24) is 5.32 Å². The molecule has 0 saturated carbocycles. The average molecular weight is 306 g/mol. The fourth-order valence-corrected chi connectivity index (χ4v) is 2.71. The van der Waals surface area contributed by atoms with Crippen molar-refractivity contribution in [2.45, 2.75) is 45.3 Å². The van der Waals surface area contributed by atoms with Crippen LogP contribution in [0.25, 0.3) is 0 Å². The molecule has 22 heavy (non-hydrogen) atoms. The number of aryl methyl sites for hydroxylation is 1. The highest BCUT2D eigenvalue weighted by Crippen LogP contribution is 2.27. The molecule has 1 aliphatic heterocycles. The Morgan fingerprint density at radius 2 is 2.00 bits per heavy atom. The van der Waals surface area contributed by atoms with E-state index >= 15 is 0 Å². The number of benzene rings is 1. The van der Waals surface area contributed by atoms with Crippen LogP contribution in [0.2, 0.25) is 0 Å². The van der Waals surface area contributed by atoms with Crippen molar-refractivity contribution in [3.8, 4) is 5.75 Å². The van der Waals surface area contributed by atoms with E-state index in [0.29, 0.717) is 12.8 Å². The second kappa shape index (κ2) is 7.11. The number of carbonyl (C=O) groups excluding carboxylic acids is 1. The van der Waals surface area contributed by atoms with Crippen LogP contribution in [-0.2, 0) is 9.53 Å². The molecule has 1 fully saturated rings. The van der Waals surface area contributed by atoms with E-state index in [1.807, 2.05) is 39.0 Å². The van der Waals surface area contributed by atoms with Crippen LogP contribution in [0.1, 0.15) is 32.3 Å². The summed E-state index contributed by atoms with van der Waals surface area (Å²) in [6.07, 6.45) is 1.50. The van der Waals surface area contributed by atoms with Crippen molar-refractivity contribution in [3.63, 3.8) is 0 Å². The van der Waals surface area contributed by atoms with E-state index in [4.69, 9.17) is 9.47 Å². The quantitative estimate of drug-likeness (QED) is 0.877. The molecule has 2 rings (SSSR count). The summed E-state index contributed by atoms with van der Waals surface area (Å²) in [5.41, 5.74) is 1.04. The third-order valence-corrected chi connectivity index (χ3v) is 4.01. The van der Waals surface area contributed by atoms with Gasteiger partial charge in [-0.2, -0.15) is 0 Å². The van der Waals surface area contributed by atoms with Gasteiger partial charge in [-0.1, -0.05) is 0 Å². The predicted molar refractivity (Wildman–Crippen MR) is 87.4 cm³/mol. The van der Waals surface area contributed by atoms with Gasteiger partial charge in [-0.05, 0) is 70.5 Å². The zero-order valence-electron chi connectivity index (χ0n) is 13.9. The first-order valence-corrected chi connectivity index (χ1v) is 7.81. The van der Waals surface area contributed by atoms with Crippen molar-refractivity contribution >= 4 is 11.6 Å². The fraction of sp³-hybridized carbons (Fsp3) is 0.588. The third-order valence-electron chi connectivity index (χ3n) is 4.01. The SMILES string of the molecule is COC1(C(=O)Nc2ccc(OC(C)C)c(C)c2)CCNCC1. The highest BCUT2D eigenvalue weighted by molar-refractivity contribution is 5.97. The van der Waals surface area contributed by atoms with Crippen molar-refractivity contribution in [2.75, 3.05) is 25.5 Å². The van der Waals surface area contributed by atoms with E-state index in [1.165, 1.54) is 0 Å². The molecule has 1 amide bonds. The summed E-state index contributed by atoms with van der Waals surface area (Å²) < 4.78 is 11.3. The van der Waals surface area contributed by atoms with Gasteiger partial charge in [0.15, 0.2) is 0 Å². The number of amides is 1. The first kappa shape index (κ1) is 16.8. The second-order valence-electron chi connectivity index (χ2n) is 6.05. The van der Waals surface area contributed by atoms with Gasteiger partial charge < -0.3 is 20.1 Å². The minimum absolute atomic E-state index is 0.0755. The molecule has 5 nitrogen and oxygen atoms in total. The van der Waals surface area contributed by atoms with E-state index in [1.54, 1.807) is 7.11 Å². The van der Waals surface area contributed by atoms with Crippen LogP contribution >= 0.6 is 0 Å². The normalized spacial score (nSPS) is 17.3. The molecule has 1 aromatic rings. The smallest absolute Gasteiger partial charge is 0.256 e. The predicted octanol–water partition coefficient (Wildman–Crippen LogP) is 2.49. The lowest BCUT2D eigenvalue weighted by atomic mass is 9.91. The maximum absolute atomic E-state index is 12.6. The molecular formula is C17H26N2O3. The molecule has 1 aromatic carbocycles. The van der Waals surface area contributed by atoms with Gasteiger partial charge in [0.05, 0.1) is 6.10 Å². The van der Waals surface area contributed by atoms with E-state index in [0.717, 1.165) is 30.1 Å². The minimum atomic E-state index is -0.730. The van der Waals surface area contributed by atoms with Crippen molar-refractivity contribution in [1.29, 1.82) is 0 Å². The monoisotopic (exact) mass is 306 g/mol. The lowest BCUT2D eigenvalue weighted by Gasteiger charge is -2.34. The first-order chi connectivity index (χ1) is 10.5. The standard InChI is InChI=1S/C17H26N2O3/c1-12(2)22-15-6-5-14(11-13(15)3)19-16(20)17(21-4)7-9-18-10-8-17/h5-6,11-12,18H,7-10H2,1-4H3,(H,19,20). The molecular weight excluding hydrogens is 280 g/mol. The van der Waals surface area contributed by atoms with Crippen LogP contribution in [0.15, 0.2) is 18.2 Å². The molecule has 0 aliphatic carbocycles. The van der Waals surface area contributed by atoms with Crippen molar-refractivity contribution < 1.29 is 14.3 Å². The number of rotatable bonds is 5. The summed E-state index contributed by atoms with van der Waals surface area (Å²) in [4.78, 5) is 12.6. The van der Waals surface area contributed by atoms with E-state index < -0.39 is 5.60 Å². The Balaban J connectivity index is 2.09. The molecule has 2 N–H and O–H groups in total. The summed E-state index contributed by atoms with van der Waals surface area (Å²) in [5.74, 6) is 0.768. The number of hydrogen-bond acceptors (Lipinski definition) is 4. The molecule has 0 spiro atoms. The van der Waals surface area contributed by atoms with Crippen LogP contribution in [-0.4, -0.2) is 37.8 Å². The number of anilines is 1. The molecule has 1 aliphatic rings. The molecule has 0 bridgehead atoms. The Labute approximate surface area is 132 Å². The molecule has 5 heteroatoms. The summed E-state index contributed by atoms with van der Waals surface area (Å²) in [6, 6.07) is 5.69. The molecule has 122 valence electrons. The largest absolute Gasteiger partial charge is 0.491 e. The van der Waals surface area contributed by atoms with Crippen molar-refractivity contribution in [2.24, 2.45) is 0 Å². The molecule has 0 unspecified atom stereocenters. The molecule has 0 atom stereocenters. The number of hydrogen-bond donors (Lipinski definition) is 2. The van der Waals surface area contributed by atoms with Gasteiger partial charge in [0.1, 0.15) is 11.4 Å². The fourth-order valence-electron chi connectivity index (χ4n) is 2.71. The Kier molecular flexibility index (Phi) is 5.42. The molecule has 1 heterocycles. The van der Waals surface area contributed by atoms with Gasteiger partial charge in [-0.25, -0.2) is 0 Å². The van der Waals surface area contributed by atoms with Crippen molar-refractivity contribution in [3.05, 3.63) is 23.8 Å². The topological polar surface area (TPSA) is 59.6 Å². The summed E-state index contributed by atoms with van der Waals surface area (Å²) in [6.45, 7) is 7.55. The maximum Gasteiger partial charge on any atom is 0.256 e. The molecule has 0 radical (unpaired) electrons. The summed E-state index contributed by atoms with van der Waals surface area (Å²) in [7, 11) is 1.61. The van der Waals surface area contributed by atoms with E-state index in [2.05, 4.69) is 10.6 Å². The summed E-state index contributed by atoms with van der Waals surface area (Å²) >= 11 is 0. The summed E-state index contributed by atoms with van der Waals surface area (Å²) in [5, 5.41) is 6.23. The van der Waals surface area contributed by atoms with E-state index in [9.17, 15) is 4.79 Å². The second-order valence-corrected chi connectivity index (χ2v) is 6.05. The first-order valence-electron chi connectivity index (χ1n) is 7.81. The lowest BCUT2D eigenvalue weighted by molar-refractivity contribution is -0.140. The minimum Gasteiger partial charge on any atom is -0.491 e. The number of nitrogens with one attached hydrogen (secondary N) is 2. The Morgan fingerprint density at radius 1 is 1.32 bits per heavy atom. The van der Waals surface area contributed by atoms with Gasteiger partial charge in [-0.3, -0.25) is 4.79 Å². The molecule has 0 aromatic heterocycles. The highest BCUT2D eigenvalue weighted by Gasteiger charge is 2.39. The number of ether oxygens (including phenoxy) is 2. The molecule has 1 saturated heterocycles. The Hall–Kier alpha value is -1.59. The van der Waals surface area contributed by atoms with Crippen LogP contribution in [0.3, 0.4) is 0 Å². The van der Waals surface area contributed by atoms with Gasteiger partial charge in [0.2, 0.25) is 0 Å². The number of piperidine rings is 1.